The van der Waals surface area contributed by atoms with Gasteiger partial charge in [0.1, 0.15) is 5.82 Å². The Morgan fingerprint density at radius 3 is 3.00 bits per heavy atom. The normalized spacial score (nSPS) is 22.3. The van der Waals surface area contributed by atoms with Crippen LogP contribution in [-0.2, 0) is 0 Å². The minimum absolute atomic E-state index is 0.118. The van der Waals surface area contributed by atoms with Crippen LogP contribution in [0.1, 0.15) is 35.3 Å². The van der Waals surface area contributed by atoms with Gasteiger partial charge in [0.15, 0.2) is 5.65 Å². The zero-order valence-corrected chi connectivity index (χ0v) is 11.3. The third-order valence-electron chi connectivity index (χ3n) is 3.70. The van der Waals surface area contributed by atoms with Gasteiger partial charge in [-0.2, -0.15) is 9.61 Å². The van der Waals surface area contributed by atoms with Gasteiger partial charge in [-0.3, -0.25) is 4.79 Å². The number of nitrogens with two attached hydrogens (primary N) is 2. The van der Waals surface area contributed by atoms with E-state index in [0.29, 0.717) is 17.0 Å². The predicted molar refractivity (Wildman–Crippen MR) is 75.2 cm³/mol. The number of carbonyl (C=O) groups is 1. The van der Waals surface area contributed by atoms with Crippen LogP contribution in [0.4, 0.5) is 5.82 Å². The lowest BCUT2D eigenvalue weighted by atomic mass is 10.2. The number of carbonyl (C=O) groups excluding carboxylic acids is 1. The molecule has 2 atom stereocenters. The van der Waals surface area contributed by atoms with E-state index in [-0.39, 0.29) is 18.0 Å². The summed E-state index contributed by atoms with van der Waals surface area (Å²) in [6, 6.07) is 2.10. The van der Waals surface area contributed by atoms with E-state index >= 15 is 0 Å². The van der Waals surface area contributed by atoms with Gasteiger partial charge in [0.2, 0.25) is 0 Å². The Hall–Kier alpha value is -2.15. The van der Waals surface area contributed by atoms with Crippen LogP contribution in [0.2, 0.25) is 0 Å². The molecule has 1 amide bonds. The lowest BCUT2D eigenvalue weighted by Gasteiger charge is -2.13. The summed E-state index contributed by atoms with van der Waals surface area (Å²) >= 11 is 0. The molecule has 0 aliphatic heterocycles. The van der Waals surface area contributed by atoms with E-state index in [1.165, 1.54) is 10.7 Å². The van der Waals surface area contributed by atoms with Gasteiger partial charge in [0.05, 0.1) is 11.3 Å². The van der Waals surface area contributed by atoms with Gasteiger partial charge in [-0.05, 0) is 26.2 Å². The highest BCUT2D eigenvalue weighted by molar-refractivity contribution is 5.98. The van der Waals surface area contributed by atoms with Crippen LogP contribution in [0.3, 0.4) is 0 Å². The summed E-state index contributed by atoms with van der Waals surface area (Å²) < 4.78 is 1.49. The number of nitrogens with zero attached hydrogens (tertiary/aromatic N) is 3. The molecule has 3 rings (SSSR count). The number of aromatic nitrogens is 3. The maximum atomic E-state index is 12.3. The van der Waals surface area contributed by atoms with Crippen LogP contribution < -0.4 is 16.8 Å². The monoisotopic (exact) mass is 274 g/mol. The first-order chi connectivity index (χ1) is 9.54. The van der Waals surface area contributed by atoms with Gasteiger partial charge in [-0.15, -0.1) is 0 Å². The summed E-state index contributed by atoms with van der Waals surface area (Å²) in [5, 5.41) is 7.19. The summed E-state index contributed by atoms with van der Waals surface area (Å²) in [6.07, 6.45) is 4.15. The second-order valence-electron chi connectivity index (χ2n) is 5.36. The molecule has 1 saturated carbocycles. The Morgan fingerprint density at radius 1 is 1.50 bits per heavy atom. The van der Waals surface area contributed by atoms with Gasteiger partial charge in [-0.1, -0.05) is 0 Å². The Kier molecular flexibility index (Phi) is 3.06. The second kappa shape index (κ2) is 4.75. The van der Waals surface area contributed by atoms with E-state index in [0.717, 1.165) is 25.0 Å². The first-order valence-electron chi connectivity index (χ1n) is 6.72. The molecular formula is C13H18N6O. The molecule has 2 heterocycles. The van der Waals surface area contributed by atoms with E-state index in [1.807, 2.05) is 13.0 Å². The first kappa shape index (κ1) is 12.9. The molecule has 0 bridgehead atoms. The molecule has 1 aliphatic rings. The summed E-state index contributed by atoms with van der Waals surface area (Å²) in [5.74, 6) is 0.0899. The minimum Gasteiger partial charge on any atom is -0.383 e. The maximum absolute atomic E-state index is 12.3. The average Bonchev–Trinajstić information content (AvgIpc) is 2.95. The highest BCUT2D eigenvalue weighted by Gasteiger charge is 2.24. The summed E-state index contributed by atoms with van der Waals surface area (Å²) in [5.41, 5.74) is 13.6. The molecule has 7 nitrogen and oxygen atoms in total. The summed E-state index contributed by atoms with van der Waals surface area (Å²) in [4.78, 5) is 16.5. The van der Waals surface area contributed by atoms with Crippen molar-refractivity contribution in [2.45, 2.75) is 38.3 Å². The molecule has 20 heavy (non-hydrogen) atoms. The highest BCUT2D eigenvalue weighted by Crippen LogP contribution is 2.19. The largest absolute Gasteiger partial charge is 0.383 e. The Balaban J connectivity index is 1.86. The molecule has 0 unspecified atom stereocenters. The smallest absolute Gasteiger partial charge is 0.256 e. The van der Waals surface area contributed by atoms with Gasteiger partial charge >= 0.3 is 0 Å². The molecule has 2 aromatic rings. The fourth-order valence-electron chi connectivity index (χ4n) is 2.65. The number of rotatable bonds is 2. The van der Waals surface area contributed by atoms with Crippen LogP contribution in [0, 0.1) is 6.92 Å². The van der Waals surface area contributed by atoms with Crippen molar-refractivity contribution in [2.75, 3.05) is 5.73 Å². The molecule has 1 aliphatic carbocycles. The molecule has 0 spiro atoms. The van der Waals surface area contributed by atoms with Crippen LogP contribution >= 0.6 is 0 Å². The van der Waals surface area contributed by atoms with Gasteiger partial charge in [0, 0.05) is 24.3 Å². The first-order valence-corrected chi connectivity index (χ1v) is 6.72. The third-order valence-corrected chi connectivity index (χ3v) is 3.70. The van der Waals surface area contributed by atoms with Crippen molar-refractivity contribution in [3.05, 3.63) is 23.5 Å². The van der Waals surface area contributed by atoms with Crippen LogP contribution in [0.5, 0.6) is 0 Å². The SMILES string of the molecule is Cc1cc2ncc(C(=O)N[C@@H]3CC[C@@H](N)C3)c(N)n2n1. The van der Waals surface area contributed by atoms with Crippen LogP contribution in [-0.4, -0.2) is 32.6 Å². The highest BCUT2D eigenvalue weighted by atomic mass is 16.1. The molecule has 5 N–H and O–H groups in total. The van der Waals surface area contributed by atoms with Gasteiger partial charge < -0.3 is 16.8 Å². The van der Waals surface area contributed by atoms with Crippen molar-refractivity contribution >= 4 is 17.4 Å². The van der Waals surface area contributed by atoms with Crippen molar-refractivity contribution in [1.82, 2.24) is 19.9 Å². The Bertz CT molecular complexity index is 664. The summed E-state index contributed by atoms with van der Waals surface area (Å²) in [6.45, 7) is 1.85. The van der Waals surface area contributed by atoms with Crippen LogP contribution in [0.25, 0.3) is 5.65 Å². The third kappa shape index (κ3) is 2.20. The van der Waals surface area contributed by atoms with Crippen molar-refractivity contribution in [2.24, 2.45) is 5.73 Å². The molecule has 0 radical (unpaired) electrons. The zero-order chi connectivity index (χ0) is 14.3. The predicted octanol–water partition coefficient (Wildman–Crippen LogP) is 0.230. The van der Waals surface area contributed by atoms with E-state index < -0.39 is 0 Å². The van der Waals surface area contributed by atoms with Gasteiger partial charge in [0.25, 0.3) is 5.91 Å². The van der Waals surface area contributed by atoms with Crippen LogP contribution in [0.15, 0.2) is 12.3 Å². The zero-order valence-electron chi connectivity index (χ0n) is 11.3. The second-order valence-corrected chi connectivity index (χ2v) is 5.36. The number of amides is 1. The Morgan fingerprint density at radius 2 is 2.30 bits per heavy atom. The lowest BCUT2D eigenvalue weighted by molar-refractivity contribution is 0.0938. The Labute approximate surface area is 116 Å². The topological polar surface area (TPSA) is 111 Å². The van der Waals surface area contributed by atoms with Crippen molar-refractivity contribution in [3.63, 3.8) is 0 Å². The molecular weight excluding hydrogens is 256 g/mol. The van der Waals surface area contributed by atoms with E-state index in [1.54, 1.807) is 0 Å². The van der Waals surface area contributed by atoms with E-state index in [2.05, 4.69) is 15.4 Å². The molecule has 2 aromatic heterocycles. The maximum Gasteiger partial charge on any atom is 0.256 e. The summed E-state index contributed by atoms with van der Waals surface area (Å²) in [7, 11) is 0. The number of nitrogens with one attached hydrogen (secondary N) is 1. The minimum atomic E-state index is -0.218. The molecule has 0 saturated heterocycles. The fourth-order valence-corrected chi connectivity index (χ4v) is 2.65. The fraction of sp³-hybridized carbons (Fsp3) is 0.462. The van der Waals surface area contributed by atoms with E-state index in [4.69, 9.17) is 11.5 Å². The molecule has 1 fully saturated rings. The quantitative estimate of drug-likeness (QED) is 0.726. The average molecular weight is 274 g/mol. The lowest BCUT2D eigenvalue weighted by Crippen LogP contribution is -2.34. The van der Waals surface area contributed by atoms with Gasteiger partial charge in [-0.25, -0.2) is 4.98 Å². The number of nitrogen functional groups attached to an aromatic ring is 1. The van der Waals surface area contributed by atoms with Crippen molar-refractivity contribution in [1.29, 1.82) is 0 Å². The number of hydrogen-bond donors (Lipinski definition) is 3. The number of anilines is 1. The molecule has 106 valence electrons. The standard InChI is InChI=1S/C13H18N6O/c1-7-4-11-16-6-10(12(15)19(11)18-7)13(20)17-9-3-2-8(14)5-9/h4,6,8-9H,2-3,5,14-15H2,1H3,(H,17,20)/t8-,9-/m1/s1. The molecule has 0 aromatic carbocycles. The number of hydrogen-bond acceptors (Lipinski definition) is 5. The number of aryl methyl sites for hydroxylation is 1. The van der Waals surface area contributed by atoms with Crippen molar-refractivity contribution < 1.29 is 4.79 Å². The molecule has 7 heteroatoms. The number of fused-ring (bicyclic) bond motifs is 1. The van der Waals surface area contributed by atoms with E-state index in [9.17, 15) is 4.79 Å². The van der Waals surface area contributed by atoms with Crippen molar-refractivity contribution in [3.8, 4) is 0 Å².